The summed E-state index contributed by atoms with van der Waals surface area (Å²) in [5.74, 6) is 0. The predicted octanol–water partition coefficient (Wildman–Crippen LogP) is 3.39. The van der Waals surface area contributed by atoms with E-state index in [2.05, 4.69) is 5.32 Å². The Bertz CT molecular complexity index is 362. The van der Waals surface area contributed by atoms with Crippen molar-refractivity contribution in [3.63, 3.8) is 0 Å². The molecule has 2 N–H and O–H groups in total. The first kappa shape index (κ1) is 16.0. The molecule has 1 aromatic rings. The van der Waals surface area contributed by atoms with Gasteiger partial charge in [-0.1, -0.05) is 24.3 Å². The van der Waals surface area contributed by atoms with Gasteiger partial charge in [-0.2, -0.15) is 13.2 Å². The first-order valence-corrected chi connectivity index (χ1v) is 6.39. The number of hydrogen-bond donors (Lipinski definition) is 2. The molecule has 5 heteroatoms. The van der Waals surface area contributed by atoms with E-state index in [1.54, 1.807) is 0 Å². The minimum Gasteiger partial charge on any atom is -0.392 e. The van der Waals surface area contributed by atoms with E-state index < -0.39 is 12.6 Å². The van der Waals surface area contributed by atoms with Crippen molar-refractivity contribution >= 4 is 0 Å². The van der Waals surface area contributed by atoms with Crippen LogP contribution in [-0.2, 0) is 13.2 Å². The Hall–Kier alpha value is -1.07. The van der Waals surface area contributed by atoms with Crippen molar-refractivity contribution in [2.45, 2.75) is 51.6 Å². The minimum atomic E-state index is -4.06. The molecule has 0 aliphatic carbocycles. The SMILES string of the molecule is CC(CCCC(F)(F)F)NCc1ccc(CO)cc1. The van der Waals surface area contributed by atoms with Crippen LogP contribution in [0.25, 0.3) is 0 Å². The predicted molar refractivity (Wildman–Crippen MR) is 68.6 cm³/mol. The summed E-state index contributed by atoms with van der Waals surface area (Å²) in [6, 6.07) is 7.54. The fourth-order valence-corrected chi connectivity index (χ4v) is 1.77. The molecule has 0 aromatic heterocycles. The van der Waals surface area contributed by atoms with Crippen molar-refractivity contribution in [3.8, 4) is 0 Å². The standard InChI is InChI=1S/C14H20F3NO/c1-11(3-2-8-14(15,16)17)18-9-12-4-6-13(10-19)7-5-12/h4-7,11,18-19H,2-3,8-10H2,1H3. The summed E-state index contributed by atoms with van der Waals surface area (Å²) < 4.78 is 36.0. The molecule has 19 heavy (non-hydrogen) atoms. The first-order valence-electron chi connectivity index (χ1n) is 6.39. The molecule has 0 saturated heterocycles. The monoisotopic (exact) mass is 275 g/mol. The van der Waals surface area contributed by atoms with E-state index in [1.807, 2.05) is 31.2 Å². The van der Waals surface area contributed by atoms with E-state index in [-0.39, 0.29) is 19.1 Å². The van der Waals surface area contributed by atoms with Crippen LogP contribution in [0.15, 0.2) is 24.3 Å². The molecule has 0 saturated carbocycles. The first-order chi connectivity index (χ1) is 8.90. The number of rotatable bonds is 7. The Morgan fingerprint density at radius 3 is 2.26 bits per heavy atom. The van der Waals surface area contributed by atoms with Gasteiger partial charge in [-0.3, -0.25) is 0 Å². The van der Waals surface area contributed by atoms with E-state index in [0.29, 0.717) is 13.0 Å². The Morgan fingerprint density at radius 1 is 1.16 bits per heavy atom. The number of nitrogens with one attached hydrogen (secondary N) is 1. The van der Waals surface area contributed by atoms with E-state index in [4.69, 9.17) is 5.11 Å². The number of hydrogen-bond acceptors (Lipinski definition) is 2. The largest absolute Gasteiger partial charge is 0.392 e. The van der Waals surface area contributed by atoms with Crippen LogP contribution in [0.4, 0.5) is 13.2 Å². The Morgan fingerprint density at radius 2 is 1.74 bits per heavy atom. The van der Waals surface area contributed by atoms with Crippen molar-refractivity contribution in [1.82, 2.24) is 5.32 Å². The van der Waals surface area contributed by atoms with Crippen molar-refractivity contribution < 1.29 is 18.3 Å². The number of halogens is 3. The van der Waals surface area contributed by atoms with E-state index in [9.17, 15) is 13.2 Å². The number of benzene rings is 1. The molecule has 1 atom stereocenters. The van der Waals surface area contributed by atoms with Crippen LogP contribution in [-0.4, -0.2) is 17.3 Å². The molecular formula is C14H20F3NO. The van der Waals surface area contributed by atoms with E-state index in [1.165, 1.54) is 0 Å². The third-order valence-electron chi connectivity index (χ3n) is 2.96. The van der Waals surface area contributed by atoms with Crippen LogP contribution in [0.2, 0.25) is 0 Å². The molecule has 1 rings (SSSR count). The molecule has 0 amide bonds. The van der Waals surface area contributed by atoms with Crippen molar-refractivity contribution in [2.24, 2.45) is 0 Å². The third kappa shape index (κ3) is 7.18. The van der Waals surface area contributed by atoms with Gasteiger partial charge in [-0.15, -0.1) is 0 Å². The summed E-state index contributed by atoms with van der Waals surface area (Å²) in [5.41, 5.74) is 1.90. The molecule has 0 bridgehead atoms. The second kappa shape index (κ2) is 7.50. The van der Waals surface area contributed by atoms with Crippen LogP contribution in [0, 0.1) is 0 Å². The lowest BCUT2D eigenvalue weighted by molar-refractivity contribution is -0.135. The number of aliphatic hydroxyl groups excluding tert-OH is 1. The van der Waals surface area contributed by atoms with Gasteiger partial charge in [-0.25, -0.2) is 0 Å². The molecule has 0 heterocycles. The summed E-state index contributed by atoms with van der Waals surface area (Å²) in [5, 5.41) is 12.1. The fraction of sp³-hybridized carbons (Fsp3) is 0.571. The third-order valence-corrected chi connectivity index (χ3v) is 2.96. The molecule has 0 radical (unpaired) electrons. The summed E-state index contributed by atoms with van der Waals surface area (Å²) in [6.45, 7) is 2.53. The smallest absolute Gasteiger partial charge is 0.389 e. The Kier molecular flexibility index (Phi) is 6.31. The zero-order valence-electron chi connectivity index (χ0n) is 11.0. The maximum Gasteiger partial charge on any atom is 0.389 e. The molecule has 2 nitrogen and oxygen atoms in total. The average molecular weight is 275 g/mol. The topological polar surface area (TPSA) is 32.3 Å². The number of alkyl halides is 3. The van der Waals surface area contributed by atoms with Gasteiger partial charge in [0.05, 0.1) is 6.61 Å². The highest BCUT2D eigenvalue weighted by atomic mass is 19.4. The van der Waals surface area contributed by atoms with Gasteiger partial charge in [-0.05, 0) is 30.9 Å². The van der Waals surface area contributed by atoms with Gasteiger partial charge in [0.15, 0.2) is 0 Å². The van der Waals surface area contributed by atoms with Gasteiger partial charge in [0.25, 0.3) is 0 Å². The molecule has 0 aliphatic rings. The highest BCUT2D eigenvalue weighted by Crippen LogP contribution is 2.22. The quantitative estimate of drug-likeness (QED) is 0.799. The normalized spacial score (nSPS) is 13.5. The van der Waals surface area contributed by atoms with Crippen molar-refractivity contribution in [1.29, 1.82) is 0 Å². The molecule has 108 valence electrons. The zero-order valence-corrected chi connectivity index (χ0v) is 11.0. The summed E-state index contributed by atoms with van der Waals surface area (Å²) in [6.07, 6.45) is -4.11. The summed E-state index contributed by atoms with van der Waals surface area (Å²) in [7, 11) is 0. The fourth-order valence-electron chi connectivity index (χ4n) is 1.77. The Labute approximate surface area is 111 Å². The van der Waals surface area contributed by atoms with Crippen LogP contribution in [0.3, 0.4) is 0 Å². The minimum absolute atomic E-state index is 0.0154. The van der Waals surface area contributed by atoms with Gasteiger partial charge < -0.3 is 10.4 Å². The second-order valence-electron chi connectivity index (χ2n) is 4.76. The maximum absolute atomic E-state index is 12.0. The summed E-state index contributed by atoms with van der Waals surface area (Å²) >= 11 is 0. The molecular weight excluding hydrogens is 255 g/mol. The zero-order chi connectivity index (χ0) is 14.3. The Balaban J connectivity index is 2.23. The van der Waals surface area contributed by atoms with E-state index in [0.717, 1.165) is 11.1 Å². The second-order valence-corrected chi connectivity index (χ2v) is 4.76. The van der Waals surface area contributed by atoms with Gasteiger partial charge in [0.1, 0.15) is 0 Å². The maximum atomic E-state index is 12.0. The van der Waals surface area contributed by atoms with Gasteiger partial charge in [0, 0.05) is 19.0 Å². The average Bonchev–Trinajstić information content (AvgIpc) is 2.35. The lowest BCUT2D eigenvalue weighted by Crippen LogP contribution is -2.25. The molecule has 0 aliphatic heterocycles. The molecule has 1 aromatic carbocycles. The van der Waals surface area contributed by atoms with Crippen LogP contribution < -0.4 is 5.32 Å². The lowest BCUT2D eigenvalue weighted by Gasteiger charge is -2.14. The molecule has 0 spiro atoms. The van der Waals surface area contributed by atoms with Crippen LogP contribution in [0.1, 0.15) is 37.3 Å². The highest BCUT2D eigenvalue weighted by Gasteiger charge is 2.26. The molecule has 1 unspecified atom stereocenters. The van der Waals surface area contributed by atoms with Crippen LogP contribution >= 0.6 is 0 Å². The van der Waals surface area contributed by atoms with Gasteiger partial charge >= 0.3 is 6.18 Å². The van der Waals surface area contributed by atoms with Crippen molar-refractivity contribution in [2.75, 3.05) is 0 Å². The highest BCUT2D eigenvalue weighted by molar-refractivity contribution is 5.21. The van der Waals surface area contributed by atoms with Crippen LogP contribution in [0.5, 0.6) is 0 Å². The number of aliphatic hydroxyl groups is 1. The van der Waals surface area contributed by atoms with E-state index >= 15 is 0 Å². The lowest BCUT2D eigenvalue weighted by atomic mass is 10.1. The van der Waals surface area contributed by atoms with Gasteiger partial charge in [0.2, 0.25) is 0 Å². The summed E-state index contributed by atoms with van der Waals surface area (Å²) in [4.78, 5) is 0. The molecule has 0 fully saturated rings. The van der Waals surface area contributed by atoms with Crippen molar-refractivity contribution in [3.05, 3.63) is 35.4 Å².